The Kier molecular flexibility index (Phi) is 3.49. The highest BCUT2D eigenvalue weighted by molar-refractivity contribution is 4.95. The second kappa shape index (κ2) is 4.04. The number of hydrogen-bond acceptors (Lipinski definition) is 3. The molecule has 0 aromatic heterocycles. The van der Waals surface area contributed by atoms with Gasteiger partial charge < -0.3 is 14.6 Å². The van der Waals surface area contributed by atoms with Crippen LogP contribution in [0.15, 0.2) is 0 Å². The Bertz CT molecular complexity index is 217. The van der Waals surface area contributed by atoms with E-state index >= 15 is 0 Å². The van der Waals surface area contributed by atoms with Crippen LogP contribution in [0, 0.1) is 5.41 Å². The quantitative estimate of drug-likeness (QED) is 0.767. The first-order chi connectivity index (χ1) is 6.64. The topological polar surface area (TPSA) is 38.7 Å². The van der Waals surface area contributed by atoms with Gasteiger partial charge in [-0.25, -0.2) is 0 Å². The van der Waals surface area contributed by atoms with Gasteiger partial charge in [0.1, 0.15) is 6.10 Å². The lowest BCUT2D eigenvalue weighted by Gasteiger charge is -2.27. The summed E-state index contributed by atoms with van der Waals surface area (Å²) in [5.74, 6) is 0. The minimum Gasteiger partial charge on any atom is -0.390 e. The summed E-state index contributed by atoms with van der Waals surface area (Å²) >= 11 is 0. The predicted octanol–water partition coefficient (Wildman–Crippen LogP) is 1.98. The molecule has 1 rings (SSSR count). The van der Waals surface area contributed by atoms with Crippen molar-refractivity contribution in [3.8, 4) is 0 Å². The average Bonchev–Trinajstić information content (AvgIpc) is 2.25. The van der Waals surface area contributed by atoms with Gasteiger partial charge in [0.05, 0.1) is 24.4 Å². The second-order valence-corrected chi connectivity index (χ2v) is 6.01. The first kappa shape index (κ1) is 12.9. The van der Waals surface area contributed by atoms with Gasteiger partial charge in [-0.05, 0) is 27.7 Å². The van der Waals surface area contributed by atoms with Crippen LogP contribution in [0.4, 0.5) is 0 Å². The van der Waals surface area contributed by atoms with Gasteiger partial charge in [-0.3, -0.25) is 0 Å². The molecule has 1 saturated heterocycles. The Hall–Kier alpha value is -0.120. The Morgan fingerprint density at radius 3 is 2.20 bits per heavy atom. The molecular weight excluding hydrogens is 192 g/mol. The van der Waals surface area contributed by atoms with Crippen molar-refractivity contribution >= 4 is 0 Å². The van der Waals surface area contributed by atoms with Crippen LogP contribution in [-0.4, -0.2) is 35.6 Å². The van der Waals surface area contributed by atoms with Gasteiger partial charge in [-0.2, -0.15) is 0 Å². The first-order valence-electron chi connectivity index (χ1n) is 5.62. The van der Waals surface area contributed by atoms with E-state index in [9.17, 15) is 5.11 Å². The van der Waals surface area contributed by atoms with E-state index in [1.807, 2.05) is 41.5 Å². The summed E-state index contributed by atoms with van der Waals surface area (Å²) in [5, 5.41) is 10.1. The lowest BCUT2D eigenvalue weighted by molar-refractivity contribution is -0.0864. The molecule has 1 N–H and O–H groups in total. The Balaban J connectivity index is 2.53. The molecule has 3 nitrogen and oxygen atoms in total. The predicted molar refractivity (Wildman–Crippen MR) is 59.8 cm³/mol. The van der Waals surface area contributed by atoms with Crippen LogP contribution in [0.2, 0.25) is 0 Å². The molecule has 0 spiro atoms. The van der Waals surface area contributed by atoms with Gasteiger partial charge in [0.2, 0.25) is 0 Å². The number of aliphatic hydroxyl groups is 1. The van der Waals surface area contributed by atoms with Gasteiger partial charge >= 0.3 is 0 Å². The second-order valence-electron chi connectivity index (χ2n) is 6.01. The van der Waals surface area contributed by atoms with E-state index in [-0.39, 0.29) is 23.2 Å². The summed E-state index contributed by atoms with van der Waals surface area (Å²) in [5.41, 5.74) is -0.370. The molecule has 3 heteroatoms. The summed E-state index contributed by atoms with van der Waals surface area (Å²) in [4.78, 5) is 0. The zero-order valence-electron chi connectivity index (χ0n) is 10.7. The summed E-state index contributed by atoms with van der Waals surface area (Å²) in [6, 6.07) is 0. The zero-order chi connectivity index (χ0) is 11.9. The van der Waals surface area contributed by atoms with E-state index in [0.717, 1.165) is 0 Å². The highest BCUT2D eigenvalue weighted by Gasteiger charge is 2.47. The molecule has 3 unspecified atom stereocenters. The van der Waals surface area contributed by atoms with E-state index in [1.165, 1.54) is 0 Å². The summed E-state index contributed by atoms with van der Waals surface area (Å²) in [6.07, 6.45) is -0.579. The zero-order valence-corrected chi connectivity index (χ0v) is 10.7. The number of rotatable bonds is 2. The Morgan fingerprint density at radius 2 is 1.87 bits per heavy atom. The number of hydrogen-bond donors (Lipinski definition) is 1. The van der Waals surface area contributed by atoms with Gasteiger partial charge in [-0.1, -0.05) is 13.8 Å². The number of ether oxygens (including phenoxy) is 2. The van der Waals surface area contributed by atoms with Crippen molar-refractivity contribution in [2.75, 3.05) is 6.61 Å². The molecule has 1 aliphatic heterocycles. The van der Waals surface area contributed by atoms with Crippen molar-refractivity contribution in [1.29, 1.82) is 0 Å². The molecule has 1 heterocycles. The molecule has 1 aliphatic rings. The van der Waals surface area contributed by atoms with Crippen molar-refractivity contribution in [3.05, 3.63) is 0 Å². The molecule has 0 bridgehead atoms. The van der Waals surface area contributed by atoms with Crippen LogP contribution in [0.1, 0.15) is 41.5 Å². The van der Waals surface area contributed by atoms with E-state index < -0.39 is 6.10 Å². The maximum Gasteiger partial charge on any atom is 0.108 e. The molecule has 0 radical (unpaired) electrons. The van der Waals surface area contributed by atoms with Gasteiger partial charge in [0, 0.05) is 5.41 Å². The smallest absolute Gasteiger partial charge is 0.108 e. The normalized spacial score (nSPS) is 35.8. The molecule has 1 fully saturated rings. The van der Waals surface area contributed by atoms with Crippen LogP contribution in [0.25, 0.3) is 0 Å². The van der Waals surface area contributed by atoms with Crippen LogP contribution in [0.5, 0.6) is 0 Å². The standard InChI is InChI=1S/C12H24O3/c1-8-12(5,6)10(13)9(15-8)7-14-11(2,3)4/h8-10,13H,7H2,1-6H3. The van der Waals surface area contributed by atoms with Crippen molar-refractivity contribution in [3.63, 3.8) is 0 Å². The largest absolute Gasteiger partial charge is 0.390 e. The molecule has 0 aromatic rings. The molecular formula is C12H24O3. The highest BCUT2D eigenvalue weighted by Crippen LogP contribution is 2.38. The van der Waals surface area contributed by atoms with Crippen molar-refractivity contribution in [2.24, 2.45) is 5.41 Å². The van der Waals surface area contributed by atoms with Gasteiger partial charge in [0.15, 0.2) is 0 Å². The SMILES string of the molecule is CC1OC(COC(C)(C)C)C(O)C1(C)C. The molecule has 0 amide bonds. The molecule has 0 aliphatic carbocycles. The summed E-state index contributed by atoms with van der Waals surface area (Å²) < 4.78 is 11.3. The minimum atomic E-state index is -0.449. The molecule has 15 heavy (non-hydrogen) atoms. The third-order valence-electron chi connectivity index (χ3n) is 3.22. The third kappa shape index (κ3) is 2.92. The highest BCUT2D eigenvalue weighted by atomic mass is 16.6. The van der Waals surface area contributed by atoms with Crippen LogP contribution < -0.4 is 0 Å². The third-order valence-corrected chi connectivity index (χ3v) is 3.22. The van der Waals surface area contributed by atoms with E-state index in [0.29, 0.717) is 6.61 Å². The number of aliphatic hydroxyl groups excluding tert-OH is 1. The summed E-state index contributed by atoms with van der Waals surface area (Å²) in [6.45, 7) is 12.5. The average molecular weight is 216 g/mol. The van der Waals surface area contributed by atoms with Crippen molar-refractivity contribution in [2.45, 2.75) is 65.5 Å². The van der Waals surface area contributed by atoms with Gasteiger partial charge in [-0.15, -0.1) is 0 Å². The fourth-order valence-electron chi connectivity index (χ4n) is 1.69. The Labute approximate surface area is 92.8 Å². The minimum absolute atomic E-state index is 0.0704. The molecule has 3 atom stereocenters. The van der Waals surface area contributed by atoms with E-state index in [2.05, 4.69) is 0 Å². The van der Waals surface area contributed by atoms with Crippen LogP contribution in [-0.2, 0) is 9.47 Å². The van der Waals surface area contributed by atoms with Crippen LogP contribution >= 0.6 is 0 Å². The van der Waals surface area contributed by atoms with Crippen LogP contribution in [0.3, 0.4) is 0 Å². The van der Waals surface area contributed by atoms with Gasteiger partial charge in [0.25, 0.3) is 0 Å². The first-order valence-corrected chi connectivity index (χ1v) is 5.62. The monoisotopic (exact) mass is 216 g/mol. The molecule has 90 valence electrons. The van der Waals surface area contributed by atoms with E-state index in [1.54, 1.807) is 0 Å². The fourth-order valence-corrected chi connectivity index (χ4v) is 1.69. The summed E-state index contributed by atoms with van der Waals surface area (Å²) in [7, 11) is 0. The molecule has 0 saturated carbocycles. The van der Waals surface area contributed by atoms with Crippen molar-refractivity contribution in [1.82, 2.24) is 0 Å². The lowest BCUT2D eigenvalue weighted by Crippen LogP contribution is -2.38. The fraction of sp³-hybridized carbons (Fsp3) is 1.00. The Morgan fingerprint density at radius 1 is 1.33 bits per heavy atom. The van der Waals surface area contributed by atoms with E-state index in [4.69, 9.17) is 9.47 Å². The lowest BCUT2D eigenvalue weighted by atomic mass is 9.82. The molecule has 0 aromatic carbocycles. The maximum absolute atomic E-state index is 10.1. The van der Waals surface area contributed by atoms with Crippen molar-refractivity contribution < 1.29 is 14.6 Å². The maximum atomic E-state index is 10.1.